The molecule has 0 aliphatic carbocycles. The van der Waals surface area contributed by atoms with Crippen LogP contribution in [0.15, 0.2) is 91.3 Å². The molecule has 1 aliphatic heterocycles. The van der Waals surface area contributed by atoms with Gasteiger partial charge in [-0.05, 0) is 60.2 Å². The Balaban J connectivity index is 1.41. The number of carbonyl (C=O) groups is 3. The first-order valence-electron chi connectivity index (χ1n) is 11.6. The summed E-state index contributed by atoms with van der Waals surface area (Å²) in [6.07, 6.45) is 3.46. The van der Waals surface area contributed by atoms with E-state index in [0.717, 1.165) is 5.56 Å². The minimum atomic E-state index is -0.794. The molecule has 184 valence electrons. The second-order valence-electron chi connectivity index (χ2n) is 8.52. The van der Waals surface area contributed by atoms with Crippen molar-refractivity contribution in [3.63, 3.8) is 0 Å². The van der Waals surface area contributed by atoms with Crippen LogP contribution in [0.2, 0.25) is 5.02 Å². The van der Waals surface area contributed by atoms with Crippen LogP contribution in [0.4, 0.5) is 11.4 Å². The standard InChI is InChI=1S/C28H22ClN5O3/c29-19-9-12-22-24(15-19)33-27(36)25(16-21-5-1-3-13-30-21)34(28(22)37)17-18-7-10-20(11-8-18)32-26(35)23-6-2-4-14-31-23/h1-15,25H,16-17H2,(H,32,35)(H,33,36). The van der Waals surface area contributed by atoms with Crippen molar-refractivity contribution in [1.29, 1.82) is 0 Å². The predicted molar refractivity (Wildman–Crippen MR) is 140 cm³/mol. The molecule has 5 rings (SSSR count). The van der Waals surface area contributed by atoms with Gasteiger partial charge in [0, 0.05) is 41.8 Å². The number of carbonyl (C=O) groups excluding carboxylic acids is 3. The summed E-state index contributed by atoms with van der Waals surface area (Å²) in [4.78, 5) is 49.3. The van der Waals surface area contributed by atoms with Crippen LogP contribution in [0.5, 0.6) is 0 Å². The summed E-state index contributed by atoms with van der Waals surface area (Å²) in [5.41, 5.74) is 3.12. The third-order valence-electron chi connectivity index (χ3n) is 6.00. The molecule has 1 unspecified atom stereocenters. The molecule has 1 atom stereocenters. The van der Waals surface area contributed by atoms with Gasteiger partial charge in [0.2, 0.25) is 5.91 Å². The lowest BCUT2D eigenvalue weighted by Gasteiger charge is -2.28. The van der Waals surface area contributed by atoms with E-state index in [2.05, 4.69) is 20.6 Å². The summed E-state index contributed by atoms with van der Waals surface area (Å²) in [6, 6.07) is 21.7. The first-order chi connectivity index (χ1) is 18.0. The Morgan fingerprint density at radius 2 is 1.70 bits per heavy atom. The normalized spacial score (nSPS) is 14.9. The third kappa shape index (κ3) is 5.49. The highest BCUT2D eigenvalue weighted by Gasteiger charge is 2.35. The molecule has 0 fully saturated rings. The number of rotatable bonds is 6. The summed E-state index contributed by atoms with van der Waals surface area (Å²) in [5.74, 6) is -0.934. The Labute approximate surface area is 218 Å². The predicted octanol–water partition coefficient (Wildman–Crippen LogP) is 4.59. The highest BCUT2D eigenvalue weighted by molar-refractivity contribution is 6.31. The van der Waals surface area contributed by atoms with Gasteiger partial charge in [-0.1, -0.05) is 35.9 Å². The number of halogens is 1. The average molecular weight is 512 g/mol. The monoisotopic (exact) mass is 511 g/mol. The van der Waals surface area contributed by atoms with E-state index >= 15 is 0 Å². The molecule has 3 heterocycles. The van der Waals surface area contributed by atoms with E-state index in [1.165, 1.54) is 0 Å². The number of anilines is 2. The van der Waals surface area contributed by atoms with Gasteiger partial charge >= 0.3 is 0 Å². The number of fused-ring (bicyclic) bond motifs is 1. The van der Waals surface area contributed by atoms with Gasteiger partial charge in [0.05, 0.1) is 11.3 Å². The molecule has 9 heteroatoms. The van der Waals surface area contributed by atoms with Crippen LogP contribution >= 0.6 is 11.6 Å². The molecule has 2 aromatic heterocycles. The van der Waals surface area contributed by atoms with E-state index in [9.17, 15) is 14.4 Å². The minimum absolute atomic E-state index is 0.181. The third-order valence-corrected chi connectivity index (χ3v) is 6.24. The van der Waals surface area contributed by atoms with Crippen molar-refractivity contribution >= 4 is 40.7 Å². The molecule has 0 saturated heterocycles. The van der Waals surface area contributed by atoms with Crippen LogP contribution in [0, 0.1) is 0 Å². The van der Waals surface area contributed by atoms with Crippen molar-refractivity contribution in [2.75, 3.05) is 10.6 Å². The quantitative estimate of drug-likeness (QED) is 0.394. The van der Waals surface area contributed by atoms with Gasteiger partial charge in [0.1, 0.15) is 11.7 Å². The first-order valence-corrected chi connectivity index (χ1v) is 12.0. The van der Waals surface area contributed by atoms with E-state index in [-0.39, 0.29) is 30.7 Å². The largest absolute Gasteiger partial charge is 0.323 e. The lowest BCUT2D eigenvalue weighted by Crippen LogP contribution is -2.46. The van der Waals surface area contributed by atoms with Gasteiger partial charge in [-0.3, -0.25) is 24.4 Å². The van der Waals surface area contributed by atoms with Crippen molar-refractivity contribution in [1.82, 2.24) is 14.9 Å². The molecular formula is C28H22ClN5O3. The maximum atomic E-state index is 13.7. The fraction of sp³-hybridized carbons (Fsp3) is 0.107. The number of hydrogen-bond acceptors (Lipinski definition) is 5. The molecule has 3 amide bonds. The van der Waals surface area contributed by atoms with Gasteiger partial charge in [-0.25, -0.2) is 0 Å². The molecule has 0 bridgehead atoms. The molecule has 37 heavy (non-hydrogen) atoms. The van der Waals surface area contributed by atoms with Crippen LogP contribution in [0.25, 0.3) is 0 Å². The molecule has 2 aromatic carbocycles. The number of nitrogens with one attached hydrogen (secondary N) is 2. The molecular weight excluding hydrogens is 490 g/mol. The fourth-order valence-electron chi connectivity index (χ4n) is 4.14. The zero-order valence-corrected chi connectivity index (χ0v) is 20.4. The second kappa shape index (κ2) is 10.6. The molecule has 8 nitrogen and oxygen atoms in total. The summed E-state index contributed by atoms with van der Waals surface area (Å²) in [6.45, 7) is 0.181. The Kier molecular flexibility index (Phi) is 6.91. The lowest BCUT2D eigenvalue weighted by atomic mass is 10.1. The SMILES string of the molecule is O=C(Nc1ccc(CN2C(=O)c3ccc(Cl)cc3NC(=O)C2Cc2ccccn2)cc1)c1ccccn1. The molecule has 0 radical (unpaired) electrons. The van der Waals surface area contributed by atoms with Gasteiger partial charge in [0.25, 0.3) is 11.8 Å². The summed E-state index contributed by atoms with van der Waals surface area (Å²) >= 11 is 6.13. The van der Waals surface area contributed by atoms with Crippen LogP contribution in [-0.4, -0.2) is 38.6 Å². The maximum absolute atomic E-state index is 13.7. The Morgan fingerprint density at radius 3 is 2.41 bits per heavy atom. The average Bonchev–Trinajstić information content (AvgIpc) is 3.00. The number of nitrogens with zero attached hydrogens (tertiary/aromatic N) is 3. The van der Waals surface area contributed by atoms with Gasteiger partial charge in [-0.2, -0.15) is 0 Å². The molecule has 1 aliphatic rings. The Hall–Kier alpha value is -4.56. The number of benzene rings is 2. The molecule has 2 N–H and O–H groups in total. The van der Waals surface area contributed by atoms with Gasteiger partial charge in [0.15, 0.2) is 0 Å². The zero-order chi connectivity index (χ0) is 25.8. The topological polar surface area (TPSA) is 104 Å². The molecule has 4 aromatic rings. The summed E-state index contributed by atoms with van der Waals surface area (Å²) < 4.78 is 0. The number of hydrogen-bond donors (Lipinski definition) is 2. The van der Waals surface area contributed by atoms with Crippen molar-refractivity contribution in [3.05, 3.63) is 119 Å². The minimum Gasteiger partial charge on any atom is -0.323 e. The second-order valence-corrected chi connectivity index (χ2v) is 8.96. The van der Waals surface area contributed by atoms with Crippen molar-refractivity contribution < 1.29 is 14.4 Å². The van der Waals surface area contributed by atoms with Crippen molar-refractivity contribution in [2.24, 2.45) is 0 Å². The van der Waals surface area contributed by atoms with Gasteiger partial charge in [-0.15, -0.1) is 0 Å². The maximum Gasteiger partial charge on any atom is 0.274 e. The Morgan fingerprint density at radius 1 is 0.946 bits per heavy atom. The van der Waals surface area contributed by atoms with E-state index in [4.69, 9.17) is 11.6 Å². The van der Waals surface area contributed by atoms with Crippen molar-refractivity contribution in [3.8, 4) is 0 Å². The van der Waals surface area contributed by atoms with E-state index in [0.29, 0.717) is 33.3 Å². The highest BCUT2D eigenvalue weighted by atomic mass is 35.5. The number of amides is 3. The van der Waals surface area contributed by atoms with Crippen LogP contribution < -0.4 is 10.6 Å². The van der Waals surface area contributed by atoms with Crippen LogP contribution in [0.1, 0.15) is 32.1 Å². The van der Waals surface area contributed by atoms with Crippen molar-refractivity contribution in [2.45, 2.75) is 19.0 Å². The first kappa shape index (κ1) is 24.1. The highest BCUT2D eigenvalue weighted by Crippen LogP contribution is 2.29. The summed E-state index contributed by atoms with van der Waals surface area (Å²) in [5, 5.41) is 6.09. The van der Waals surface area contributed by atoms with E-state index in [1.807, 2.05) is 24.3 Å². The zero-order valence-electron chi connectivity index (χ0n) is 19.6. The number of pyridine rings is 2. The molecule has 0 saturated carbocycles. The van der Waals surface area contributed by atoms with E-state index in [1.54, 1.807) is 71.9 Å². The van der Waals surface area contributed by atoms with E-state index < -0.39 is 6.04 Å². The van der Waals surface area contributed by atoms with Crippen LogP contribution in [-0.2, 0) is 17.8 Å². The van der Waals surface area contributed by atoms with Gasteiger partial charge < -0.3 is 15.5 Å². The molecule has 0 spiro atoms. The summed E-state index contributed by atoms with van der Waals surface area (Å²) in [7, 11) is 0. The van der Waals surface area contributed by atoms with Crippen LogP contribution in [0.3, 0.4) is 0 Å². The fourth-order valence-corrected chi connectivity index (χ4v) is 4.32. The Bertz CT molecular complexity index is 1450. The number of aromatic nitrogens is 2. The lowest BCUT2D eigenvalue weighted by molar-refractivity contribution is -0.120. The smallest absolute Gasteiger partial charge is 0.274 e.